The Morgan fingerprint density at radius 1 is 0.839 bits per heavy atom. The first-order valence-corrected chi connectivity index (χ1v) is 10.6. The molecule has 0 fully saturated rings. The molecule has 0 bridgehead atoms. The van der Waals surface area contributed by atoms with Gasteiger partial charge in [0.25, 0.3) is 5.91 Å². The molecule has 31 heavy (non-hydrogen) atoms. The number of hydrogen-bond acceptors (Lipinski definition) is 3. The maximum Gasteiger partial charge on any atom is 0.255 e. The van der Waals surface area contributed by atoms with Gasteiger partial charge < -0.3 is 14.8 Å². The first-order chi connectivity index (χ1) is 14.8. The van der Waals surface area contributed by atoms with Crippen molar-refractivity contribution in [1.82, 2.24) is 0 Å². The van der Waals surface area contributed by atoms with Gasteiger partial charge in [0.15, 0.2) is 0 Å². The first-order valence-electron chi connectivity index (χ1n) is 10.6. The Labute approximate surface area is 185 Å². The largest absolute Gasteiger partial charge is 0.493 e. The number of nitrogens with one attached hydrogen (secondary N) is 1. The van der Waals surface area contributed by atoms with Crippen molar-refractivity contribution >= 4 is 11.6 Å². The number of para-hydroxylation sites is 1. The van der Waals surface area contributed by atoms with Crippen LogP contribution in [0.25, 0.3) is 0 Å². The van der Waals surface area contributed by atoms with Crippen LogP contribution in [0, 0.1) is 34.6 Å². The van der Waals surface area contributed by atoms with E-state index in [4.69, 9.17) is 9.47 Å². The topological polar surface area (TPSA) is 47.6 Å². The summed E-state index contributed by atoms with van der Waals surface area (Å²) in [6.45, 7) is 13.0. The van der Waals surface area contributed by atoms with E-state index < -0.39 is 0 Å². The summed E-state index contributed by atoms with van der Waals surface area (Å²) in [5.74, 6) is 1.43. The van der Waals surface area contributed by atoms with Crippen molar-refractivity contribution in [3.63, 3.8) is 0 Å². The SMILES string of the molecule is CCOc1ccc(C(=O)Nc2c(C)cccc2C)cc1COc1cc(C)cc(C)c1C. The van der Waals surface area contributed by atoms with E-state index in [1.807, 2.05) is 57.2 Å². The number of ether oxygens (including phenoxy) is 2. The van der Waals surface area contributed by atoms with Crippen molar-refractivity contribution in [2.24, 2.45) is 0 Å². The Hall–Kier alpha value is -3.27. The molecule has 3 aromatic rings. The zero-order valence-corrected chi connectivity index (χ0v) is 19.3. The molecule has 162 valence electrons. The second kappa shape index (κ2) is 9.69. The fraction of sp³-hybridized carbons (Fsp3) is 0.296. The van der Waals surface area contributed by atoms with E-state index in [0.29, 0.717) is 18.8 Å². The molecule has 0 aliphatic heterocycles. The summed E-state index contributed by atoms with van der Waals surface area (Å²) in [4.78, 5) is 13.0. The van der Waals surface area contributed by atoms with E-state index in [9.17, 15) is 4.79 Å². The predicted molar refractivity (Wildman–Crippen MR) is 126 cm³/mol. The number of carbonyl (C=O) groups is 1. The Bertz CT molecular complexity index is 1080. The number of benzene rings is 3. The van der Waals surface area contributed by atoms with E-state index in [1.54, 1.807) is 6.07 Å². The molecular formula is C27H31NO3. The molecule has 0 saturated heterocycles. The smallest absolute Gasteiger partial charge is 0.255 e. The van der Waals surface area contributed by atoms with Crippen LogP contribution in [-0.4, -0.2) is 12.5 Å². The molecule has 0 unspecified atom stereocenters. The Kier molecular flexibility index (Phi) is 7.01. The van der Waals surface area contributed by atoms with E-state index in [-0.39, 0.29) is 5.91 Å². The number of aryl methyl sites for hydroxylation is 4. The lowest BCUT2D eigenvalue weighted by molar-refractivity contribution is 0.102. The minimum absolute atomic E-state index is 0.149. The fourth-order valence-corrected chi connectivity index (χ4v) is 3.63. The zero-order chi connectivity index (χ0) is 22.5. The van der Waals surface area contributed by atoms with E-state index >= 15 is 0 Å². The molecule has 0 aromatic heterocycles. The number of anilines is 1. The van der Waals surface area contributed by atoms with Crippen molar-refractivity contribution in [2.75, 3.05) is 11.9 Å². The van der Waals surface area contributed by atoms with Crippen LogP contribution in [0.15, 0.2) is 48.5 Å². The lowest BCUT2D eigenvalue weighted by Crippen LogP contribution is -2.14. The molecule has 3 aromatic carbocycles. The van der Waals surface area contributed by atoms with Crippen molar-refractivity contribution in [3.8, 4) is 11.5 Å². The maximum atomic E-state index is 13.0. The van der Waals surface area contributed by atoms with Gasteiger partial charge in [-0.2, -0.15) is 0 Å². The van der Waals surface area contributed by atoms with Gasteiger partial charge in [0.1, 0.15) is 18.1 Å². The van der Waals surface area contributed by atoms with Crippen molar-refractivity contribution in [1.29, 1.82) is 0 Å². The lowest BCUT2D eigenvalue weighted by atomic mass is 10.1. The summed E-state index contributed by atoms with van der Waals surface area (Å²) >= 11 is 0. The molecule has 0 radical (unpaired) electrons. The number of rotatable bonds is 7. The zero-order valence-electron chi connectivity index (χ0n) is 19.3. The van der Waals surface area contributed by atoms with Crippen LogP contribution >= 0.6 is 0 Å². The van der Waals surface area contributed by atoms with Crippen LogP contribution in [0.3, 0.4) is 0 Å². The summed E-state index contributed by atoms with van der Waals surface area (Å²) in [5.41, 5.74) is 7.81. The summed E-state index contributed by atoms with van der Waals surface area (Å²) in [6.07, 6.45) is 0. The highest BCUT2D eigenvalue weighted by molar-refractivity contribution is 6.05. The molecule has 0 heterocycles. The van der Waals surface area contributed by atoms with Gasteiger partial charge in [-0.1, -0.05) is 24.3 Å². The second-order valence-electron chi connectivity index (χ2n) is 7.97. The van der Waals surface area contributed by atoms with E-state index in [1.165, 1.54) is 5.56 Å². The fourth-order valence-electron chi connectivity index (χ4n) is 3.63. The molecule has 1 amide bonds. The van der Waals surface area contributed by atoms with Crippen molar-refractivity contribution in [3.05, 3.63) is 87.5 Å². The van der Waals surface area contributed by atoms with Crippen LogP contribution in [0.2, 0.25) is 0 Å². The highest BCUT2D eigenvalue weighted by Crippen LogP contribution is 2.28. The third-order valence-corrected chi connectivity index (χ3v) is 5.49. The normalized spacial score (nSPS) is 10.6. The van der Waals surface area contributed by atoms with Crippen LogP contribution in [0.1, 0.15) is 50.7 Å². The van der Waals surface area contributed by atoms with Gasteiger partial charge >= 0.3 is 0 Å². The highest BCUT2D eigenvalue weighted by Gasteiger charge is 2.14. The summed E-state index contributed by atoms with van der Waals surface area (Å²) in [7, 11) is 0. The van der Waals surface area contributed by atoms with Gasteiger partial charge in [-0.05, 0) is 93.6 Å². The Morgan fingerprint density at radius 3 is 2.23 bits per heavy atom. The number of carbonyl (C=O) groups excluding carboxylic acids is 1. The van der Waals surface area contributed by atoms with Crippen LogP contribution in [-0.2, 0) is 6.61 Å². The number of amides is 1. The molecule has 1 N–H and O–H groups in total. The summed E-state index contributed by atoms with van der Waals surface area (Å²) in [5, 5.41) is 3.05. The summed E-state index contributed by atoms with van der Waals surface area (Å²) < 4.78 is 11.9. The molecule has 0 spiro atoms. The van der Waals surface area contributed by atoms with Crippen LogP contribution < -0.4 is 14.8 Å². The monoisotopic (exact) mass is 417 g/mol. The van der Waals surface area contributed by atoms with Gasteiger partial charge in [0.2, 0.25) is 0 Å². The lowest BCUT2D eigenvalue weighted by Gasteiger charge is -2.16. The highest BCUT2D eigenvalue weighted by atomic mass is 16.5. The summed E-state index contributed by atoms with van der Waals surface area (Å²) in [6, 6.07) is 15.6. The first kappa shape index (κ1) is 22.4. The molecular weight excluding hydrogens is 386 g/mol. The van der Waals surface area contributed by atoms with Gasteiger partial charge in [0.05, 0.1) is 6.61 Å². The molecule has 0 aliphatic rings. The Morgan fingerprint density at radius 2 is 1.55 bits per heavy atom. The van der Waals surface area contributed by atoms with Crippen LogP contribution in [0.5, 0.6) is 11.5 Å². The maximum absolute atomic E-state index is 13.0. The third-order valence-electron chi connectivity index (χ3n) is 5.49. The minimum Gasteiger partial charge on any atom is -0.493 e. The van der Waals surface area contributed by atoms with Gasteiger partial charge in [-0.15, -0.1) is 0 Å². The molecule has 3 rings (SSSR count). The quantitative estimate of drug-likeness (QED) is 0.480. The molecule has 4 nitrogen and oxygen atoms in total. The molecule has 0 saturated carbocycles. The van der Waals surface area contributed by atoms with Gasteiger partial charge in [-0.3, -0.25) is 4.79 Å². The van der Waals surface area contributed by atoms with E-state index in [0.717, 1.165) is 45.0 Å². The van der Waals surface area contributed by atoms with Crippen molar-refractivity contribution in [2.45, 2.75) is 48.1 Å². The second-order valence-corrected chi connectivity index (χ2v) is 7.97. The van der Waals surface area contributed by atoms with Gasteiger partial charge in [-0.25, -0.2) is 0 Å². The predicted octanol–water partition coefficient (Wildman–Crippen LogP) is 6.46. The third kappa shape index (κ3) is 5.26. The average Bonchev–Trinajstić information content (AvgIpc) is 2.73. The van der Waals surface area contributed by atoms with Crippen molar-refractivity contribution < 1.29 is 14.3 Å². The Balaban J connectivity index is 1.86. The van der Waals surface area contributed by atoms with Crippen LogP contribution in [0.4, 0.5) is 5.69 Å². The minimum atomic E-state index is -0.149. The molecule has 4 heteroatoms. The standard InChI is InChI=1S/C27H31NO3/c1-7-30-24-12-11-22(27(29)28-26-18(3)9-8-10-19(26)4)15-23(24)16-31-25-14-17(2)13-20(5)21(25)6/h8-15H,7,16H2,1-6H3,(H,28,29). The van der Waals surface area contributed by atoms with Gasteiger partial charge in [0, 0.05) is 16.8 Å². The molecule has 0 atom stereocenters. The number of hydrogen-bond donors (Lipinski definition) is 1. The average molecular weight is 418 g/mol. The van der Waals surface area contributed by atoms with E-state index in [2.05, 4.69) is 32.2 Å². The molecule has 0 aliphatic carbocycles.